The highest BCUT2D eigenvalue weighted by Crippen LogP contribution is 2.27. The number of para-hydroxylation sites is 1. The number of carbonyl (C=O) groups excluding carboxylic acids is 1. The Balaban J connectivity index is 2.10. The van der Waals surface area contributed by atoms with E-state index in [0.29, 0.717) is 12.2 Å². The van der Waals surface area contributed by atoms with Crippen LogP contribution in [0.2, 0.25) is 0 Å². The first-order chi connectivity index (χ1) is 12.0. The number of carbonyl (C=O) groups is 2. The van der Waals surface area contributed by atoms with Crippen molar-refractivity contribution in [2.45, 2.75) is 32.7 Å². The van der Waals surface area contributed by atoms with Gasteiger partial charge in [-0.1, -0.05) is 37.3 Å². The monoisotopic (exact) mass is 341 g/mol. The lowest BCUT2D eigenvalue weighted by Crippen LogP contribution is -2.29. The summed E-state index contributed by atoms with van der Waals surface area (Å²) in [5.74, 6) is -0.384. The molecule has 2 aromatic carbocycles. The second-order valence-electron chi connectivity index (χ2n) is 5.68. The van der Waals surface area contributed by atoms with E-state index < -0.39 is 5.97 Å². The molecule has 1 atom stereocenters. The zero-order valence-corrected chi connectivity index (χ0v) is 14.5. The quantitative estimate of drug-likeness (QED) is 0.769. The van der Waals surface area contributed by atoms with Crippen LogP contribution >= 0.6 is 0 Å². The van der Waals surface area contributed by atoms with Crippen molar-refractivity contribution in [1.82, 2.24) is 5.32 Å². The molecule has 0 aliphatic heterocycles. The van der Waals surface area contributed by atoms with Crippen LogP contribution in [0.4, 0.5) is 0 Å². The third kappa shape index (κ3) is 5.08. The van der Waals surface area contributed by atoms with Gasteiger partial charge in [-0.25, -0.2) is 4.79 Å². The summed E-state index contributed by atoms with van der Waals surface area (Å²) in [4.78, 5) is 23.4. The normalized spacial score (nSPS) is 11.6. The smallest absolute Gasteiger partial charge is 0.335 e. The molecular formula is C20H23NO4. The number of carboxylic acids is 1. The third-order valence-corrected chi connectivity index (χ3v) is 3.88. The number of hydrogen-bond acceptors (Lipinski definition) is 3. The fourth-order valence-electron chi connectivity index (χ4n) is 2.70. The molecule has 0 heterocycles. The van der Waals surface area contributed by atoms with E-state index in [4.69, 9.17) is 9.84 Å². The largest absolute Gasteiger partial charge is 0.494 e. The highest BCUT2D eigenvalue weighted by molar-refractivity contribution is 5.88. The van der Waals surface area contributed by atoms with Crippen LogP contribution in [0.3, 0.4) is 0 Å². The topological polar surface area (TPSA) is 75.6 Å². The first kappa shape index (κ1) is 18.5. The number of ether oxygens (including phenoxy) is 1. The summed E-state index contributed by atoms with van der Waals surface area (Å²) in [6.45, 7) is 4.48. The Morgan fingerprint density at radius 3 is 2.56 bits per heavy atom. The molecule has 1 amide bonds. The van der Waals surface area contributed by atoms with E-state index in [2.05, 4.69) is 5.32 Å². The van der Waals surface area contributed by atoms with Crippen molar-refractivity contribution < 1.29 is 19.4 Å². The number of benzene rings is 2. The van der Waals surface area contributed by atoms with E-state index in [1.807, 2.05) is 38.1 Å². The summed E-state index contributed by atoms with van der Waals surface area (Å²) >= 11 is 0. The predicted octanol–water partition coefficient (Wildman–Crippen LogP) is 3.59. The minimum Gasteiger partial charge on any atom is -0.494 e. The summed E-state index contributed by atoms with van der Waals surface area (Å²) in [6, 6.07) is 13.9. The standard InChI is InChI=1S/C20H23NO4/c1-3-17(16-10-5-6-11-18(16)25-4-2)21-19(22)13-14-8-7-9-15(12-14)20(23)24/h5-12,17H,3-4,13H2,1-2H3,(H,21,22)(H,23,24). The summed E-state index contributed by atoms with van der Waals surface area (Å²) < 4.78 is 5.65. The summed E-state index contributed by atoms with van der Waals surface area (Å²) in [5, 5.41) is 12.1. The molecule has 2 N–H and O–H groups in total. The van der Waals surface area contributed by atoms with Gasteiger partial charge in [-0.3, -0.25) is 4.79 Å². The Hall–Kier alpha value is -2.82. The van der Waals surface area contributed by atoms with Crippen LogP contribution in [0.5, 0.6) is 5.75 Å². The zero-order valence-electron chi connectivity index (χ0n) is 14.5. The molecule has 0 aromatic heterocycles. The number of rotatable bonds is 8. The van der Waals surface area contributed by atoms with Crippen LogP contribution in [-0.4, -0.2) is 23.6 Å². The molecular weight excluding hydrogens is 318 g/mol. The predicted molar refractivity (Wildman–Crippen MR) is 95.9 cm³/mol. The van der Waals surface area contributed by atoms with Crippen LogP contribution in [-0.2, 0) is 11.2 Å². The Morgan fingerprint density at radius 2 is 1.88 bits per heavy atom. The lowest BCUT2D eigenvalue weighted by atomic mass is 10.0. The molecule has 0 radical (unpaired) electrons. The second kappa shape index (κ2) is 8.87. The maximum atomic E-state index is 12.4. The van der Waals surface area contributed by atoms with Gasteiger partial charge in [0.15, 0.2) is 0 Å². The average molecular weight is 341 g/mol. The van der Waals surface area contributed by atoms with E-state index in [9.17, 15) is 9.59 Å². The Morgan fingerprint density at radius 1 is 1.12 bits per heavy atom. The van der Waals surface area contributed by atoms with E-state index in [1.165, 1.54) is 12.1 Å². The average Bonchev–Trinajstić information content (AvgIpc) is 2.61. The minimum atomic E-state index is -1.00. The van der Waals surface area contributed by atoms with Gasteiger partial charge in [0.2, 0.25) is 5.91 Å². The van der Waals surface area contributed by atoms with E-state index in [0.717, 1.165) is 17.7 Å². The molecule has 5 heteroatoms. The lowest BCUT2D eigenvalue weighted by molar-refractivity contribution is -0.121. The molecule has 0 aliphatic carbocycles. The number of nitrogens with one attached hydrogen (secondary N) is 1. The number of aromatic carboxylic acids is 1. The van der Waals surface area contributed by atoms with Gasteiger partial charge in [-0.05, 0) is 37.1 Å². The van der Waals surface area contributed by atoms with Crippen molar-refractivity contribution >= 4 is 11.9 Å². The molecule has 0 spiro atoms. The van der Waals surface area contributed by atoms with Crippen LogP contribution in [0.25, 0.3) is 0 Å². The van der Waals surface area contributed by atoms with Crippen molar-refractivity contribution in [2.24, 2.45) is 0 Å². The molecule has 0 aliphatic rings. The maximum absolute atomic E-state index is 12.4. The van der Waals surface area contributed by atoms with Crippen molar-refractivity contribution in [3.8, 4) is 5.75 Å². The molecule has 5 nitrogen and oxygen atoms in total. The second-order valence-corrected chi connectivity index (χ2v) is 5.68. The van der Waals surface area contributed by atoms with Crippen molar-refractivity contribution in [1.29, 1.82) is 0 Å². The van der Waals surface area contributed by atoms with Gasteiger partial charge >= 0.3 is 5.97 Å². The van der Waals surface area contributed by atoms with Gasteiger partial charge in [0.05, 0.1) is 24.6 Å². The van der Waals surface area contributed by atoms with Crippen LogP contribution < -0.4 is 10.1 Å². The van der Waals surface area contributed by atoms with Gasteiger partial charge in [0, 0.05) is 5.56 Å². The molecule has 25 heavy (non-hydrogen) atoms. The van der Waals surface area contributed by atoms with Crippen molar-refractivity contribution in [3.63, 3.8) is 0 Å². The zero-order chi connectivity index (χ0) is 18.2. The van der Waals surface area contributed by atoms with E-state index in [1.54, 1.807) is 12.1 Å². The lowest BCUT2D eigenvalue weighted by Gasteiger charge is -2.20. The van der Waals surface area contributed by atoms with E-state index in [-0.39, 0.29) is 23.9 Å². The summed E-state index contributed by atoms with van der Waals surface area (Å²) in [7, 11) is 0. The Bertz CT molecular complexity index is 742. The van der Waals surface area contributed by atoms with Crippen molar-refractivity contribution in [2.75, 3.05) is 6.61 Å². The fraction of sp³-hybridized carbons (Fsp3) is 0.300. The first-order valence-corrected chi connectivity index (χ1v) is 8.38. The fourth-order valence-corrected chi connectivity index (χ4v) is 2.70. The number of carboxylic acid groups (broad SMARTS) is 1. The number of hydrogen-bond donors (Lipinski definition) is 2. The molecule has 2 aromatic rings. The van der Waals surface area contributed by atoms with Crippen LogP contribution in [0, 0.1) is 0 Å². The molecule has 0 bridgehead atoms. The van der Waals surface area contributed by atoms with Gasteiger partial charge in [0.25, 0.3) is 0 Å². The first-order valence-electron chi connectivity index (χ1n) is 8.38. The molecule has 2 rings (SSSR count). The number of amides is 1. The van der Waals surface area contributed by atoms with Gasteiger partial charge in [-0.2, -0.15) is 0 Å². The minimum absolute atomic E-state index is 0.133. The molecule has 132 valence electrons. The van der Waals surface area contributed by atoms with Gasteiger partial charge in [0.1, 0.15) is 5.75 Å². The van der Waals surface area contributed by atoms with Crippen molar-refractivity contribution in [3.05, 3.63) is 65.2 Å². The summed E-state index contributed by atoms with van der Waals surface area (Å²) in [6.07, 6.45) is 0.861. The molecule has 0 fully saturated rings. The molecule has 0 saturated carbocycles. The SMILES string of the molecule is CCOc1ccccc1C(CC)NC(=O)Cc1cccc(C(=O)O)c1. The van der Waals surface area contributed by atoms with Gasteiger partial charge < -0.3 is 15.2 Å². The van der Waals surface area contributed by atoms with Crippen LogP contribution in [0.15, 0.2) is 48.5 Å². The highest BCUT2D eigenvalue weighted by atomic mass is 16.5. The third-order valence-electron chi connectivity index (χ3n) is 3.88. The summed E-state index contributed by atoms with van der Waals surface area (Å²) in [5.41, 5.74) is 1.80. The Kier molecular flexibility index (Phi) is 6.57. The van der Waals surface area contributed by atoms with Gasteiger partial charge in [-0.15, -0.1) is 0 Å². The Labute approximate surface area is 147 Å². The highest BCUT2D eigenvalue weighted by Gasteiger charge is 2.17. The van der Waals surface area contributed by atoms with E-state index >= 15 is 0 Å². The van der Waals surface area contributed by atoms with Crippen LogP contribution in [0.1, 0.15) is 47.8 Å². The maximum Gasteiger partial charge on any atom is 0.335 e. The molecule has 0 saturated heterocycles. The molecule has 1 unspecified atom stereocenters.